The summed E-state index contributed by atoms with van der Waals surface area (Å²) in [5, 5.41) is 0. The van der Waals surface area contributed by atoms with Crippen LogP contribution in [0.15, 0.2) is 72.8 Å². The van der Waals surface area contributed by atoms with Gasteiger partial charge in [0.15, 0.2) is 0 Å². The molecule has 0 N–H and O–H groups in total. The van der Waals surface area contributed by atoms with Gasteiger partial charge >= 0.3 is 0 Å². The average molecular weight is 525 g/mol. The molecule has 0 spiro atoms. The van der Waals surface area contributed by atoms with Gasteiger partial charge in [-0.3, -0.25) is 0 Å². The van der Waals surface area contributed by atoms with Crippen LogP contribution >= 0.6 is 0 Å². The molecule has 3 rings (SSSR count). The van der Waals surface area contributed by atoms with Gasteiger partial charge in [-0.2, -0.15) is 0 Å². The van der Waals surface area contributed by atoms with Crippen molar-refractivity contribution in [2.75, 3.05) is 0 Å². The van der Waals surface area contributed by atoms with E-state index in [1.807, 2.05) is 0 Å². The molecular weight excluding hydrogens is 468 g/mol. The summed E-state index contributed by atoms with van der Waals surface area (Å²) in [4.78, 5) is 0. The van der Waals surface area contributed by atoms with Crippen molar-refractivity contribution < 1.29 is 0 Å². The van der Waals surface area contributed by atoms with E-state index in [0.717, 1.165) is 12.8 Å². The fourth-order valence-corrected chi connectivity index (χ4v) is 6.02. The molecule has 0 nitrogen and oxygen atoms in total. The highest BCUT2D eigenvalue weighted by molar-refractivity contribution is 5.46. The third kappa shape index (κ3) is 12.6. The Morgan fingerprint density at radius 3 is 1.28 bits per heavy atom. The van der Waals surface area contributed by atoms with Gasteiger partial charge in [0.05, 0.1) is 0 Å². The van der Waals surface area contributed by atoms with Gasteiger partial charge < -0.3 is 0 Å². The second-order valence-electron chi connectivity index (χ2n) is 11.9. The highest BCUT2D eigenvalue weighted by Gasteiger charge is 2.13. The van der Waals surface area contributed by atoms with Crippen molar-refractivity contribution in [2.45, 2.75) is 136 Å². The standard InChI is InChI=1S/C39H56/c1-3-4-5-6-7-8-9-10-11-12-13-14-15-16-17-24-29-37-31-30-34(2)38(32-35-25-20-18-21-26-35)39(37)33-36-27-22-19-23-28-36/h18-23,25-28,30-31H,3-17,24,29,32-33H2,1-2H3. The lowest BCUT2D eigenvalue weighted by Crippen LogP contribution is -2.05. The van der Waals surface area contributed by atoms with Gasteiger partial charge in [-0.1, -0.05) is 176 Å². The van der Waals surface area contributed by atoms with E-state index >= 15 is 0 Å². The van der Waals surface area contributed by atoms with Crippen LogP contribution in [-0.4, -0.2) is 0 Å². The number of benzene rings is 3. The molecule has 0 heterocycles. The van der Waals surface area contributed by atoms with E-state index in [9.17, 15) is 0 Å². The van der Waals surface area contributed by atoms with E-state index in [0.29, 0.717) is 0 Å². The summed E-state index contributed by atoms with van der Waals surface area (Å²) in [6.07, 6.45) is 26.1. The highest BCUT2D eigenvalue weighted by Crippen LogP contribution is 2.27. The minimum absolute atomic E-state index is 1.03. The van der Waals surface area contributed by atoms with Gasteiger partial charge in [0.2, 0.25) is 0 Å². The Morgan fingerprint density at radius 2 is 0.821 bits per heavy atom. The van der Waals surface area contributed by atoms with Crippen molar-refractivity contribution in [2.24, 2.45) is 0 Å². The SMILES string of the molecule is CCCCCCCCCCCCCCCCCCc1ccc(C)c(Cc2ccccc2)c1Cc1ccccc1. The second kappa shape index (κ2) is 19.7. The third-order valence-electron chi connectivity index (χ3n) is 8.51. The van der Waals surface area contributed by atoms with Gasteiger partial charge in [0, 0.05) is 0 Å². The van der Waals surface area contributed by atoms with Crippen LogP contribution in [0.5, 0.6) is 0 Å². The van der Waals surface area contributed by atoms with E-state index in [1.165, 1.54) is 126 Å². The summed E-state index contributed by atoms with van der Waals surface area (Å²) < 4.78 is 0. The van der Waals surface area contributed by atoms with Crippen molar-refractivity contribution in [3.05, 3.63) is 106 Å². The number of rotatable bonds is 21. The number of hydrogen-bond donors (Lipinski definition) is 0. The number of aryl methyl sites for hydroxylation is 2. The van der Waals surface area contributed by atoms with Crippen LogP contribution in [0.1, 0.15) is 143 Å². The molecule has 0 fully saturated rings. The van der Waals surface area contributed by atoms with Crippen LogP contribution in [0.4, 0.5) is 0 Å². The smallest absolute Gasteiger partial charge is 0.00201 e. The minimum Gasteiger partial charge on any atom is -0.0654 e. The molecule has 0 bridgehead atoms. The first-order chi connectivity index (χ1) is 19.3. The van der Waals surface area contributed by atoms with E-state index in [1.54, 1.807) is 16.7 Å². The molecule has 0 heteroatoms. The molecule has 0 saturated carbocycles. The summed E-state index contributed by atoms with van der Waals surface area (Å²) in [6.45, 7) is 4.60. The quantitative estimate of drug-likeness (QED) is 0.122. The van der Waals surface area contributed by atoms with E-state index in [4.69, 9.17) is 0 Å². The lowest BCUT2D eigenvalue weighted by atomic mass is 9.86. The summed E-state index contributed by atoms with van der Waals surface area (Å²) in [6, 6.07) is 26.8. The largest absolute Gasteiger partial charge is 0.0654 e. The van der Waals surface area contributed by atoms with Crippen molar-refractivity contribution in [3.8, 4) is 0 Å². The topological polar surface area (TPSA) is 0 Å². The molecule has 212 valence electrons. The molecule has 0 aliphatic rings. The fraction of sp³-hybridized carbons (Fsp3) is 0.538. The Morgan fingerprint density at radius 1 is 0.410 bits per heavy atom. The molecule has 0 unspecified atom stereocenters. The normalized spacial score (nSPS) is 11.2. The van der Waals surface area contributed by atoms with Crippen LogP contribution in [0, 0.1) is 6.92 Å². The summed E-state index contributed by atoms with van der Waals surface area (Å²) in [5.41, 5.74) is 8.95. The van der Waals surface area contributed by atoms with Gasteiger partial charge in [-0.15, -0.1) is 0 Å². The van der Waals surface area contributed by atoms with Crippen molar-refractivity contribution in [3.63, 3.8) is 0 Å². The molecular formula is C39H56. The fourth-order valence-electron chi connectivity index (χ4n) is 6.02. The molecule has 0 aromatic heterocycles. The molecule has 0 aliphatic heterocycles. The lowest BCUT2D eigenvalue weighted by Gasteiger charge is -2.18. The van der Waals surface area contributed by atoms with E-state index in [-0.39, 0.29) is 0 Å². The molecule has 0 atom stereocenters. The number of unbranched alkanes of at least 4 members (excludes halogenated alkanes) is 15. The van der Waals surface area contributed by atoms with Crippen LogP contribution in [0.3, 0.4) is 0 Å². The average Bonchev–Trinajstić information content (AvgIpc) is 2.97. The molecule has 0 amide bonds. The lowest BCUT2D eigenvalue weighted by molar-refractivity contribution is 0.529. The second-order valence-corrected chi connectivity index (χ2v) is 11.9. The summed E-state index contributed by atoms with van der Waals surface area (Å²) in [5.74, 6) is 0. The monoisotopic (exact) mass is 524 g/mol. The zero-order valence-corrected chi connectivity index (χ0v) is 25.4. The molecule has 0 saturated heterocycles. The summed E-state index contributed by atoms with van der Waals surface area (Å²) >= 11 is 0. The van der Waals surface area contributed by atoms with Crippen molar-refractivity contribution >= 4 is 0 Å². The molecule has 0 aliphatic carbocycles. The highest BCUT2D eigenvalue weighted by atomic mass is 14.2. The van der Waals surface area contributed by atoms with Gasteiger partial charge in [-0.25, -0.2) is 0 Å². The van der Waals surface area contributed by atoms with E-state index in [2.05, 4.69) is 86.6 Å². The minimum atomic E-state index is 1.03. The van der Waals surface area contributed by atoms with Crippen LogP contribution < -0.4 is 0 Å². The maximum Gasteiger partial charge on any atom is -0.00201 e. The van der Waals surface area contributed by atoms with Gasteiger partial charge in [-0.05, 0) is 66.0 Å². The van der Waals surface area contributed by atoms with Gasteiger partial charge in [0.25, 0.3) is 0 Å². The maximum absolute atomic E-state index is 2.42. The Kier molecular flexibility index (Phi) is 15.7. The number of hydrogen-bond acceptors (Lipinski definition) is 0. The Balaban J connectivity index is 1.38. The molecule has 3 aromatic rings. The summed E-state index contributed by atoms with van der Waals surface area (Å²) in [7, 11) is 0. The Bertz CT molecular complexity index is 1000. The van der Waals surface area contributed by atoms with Crippen LogP contribution in [0.25, 0.3) is 0 Å². The maximum atomic E-state index is 2.42. The first kappa shape index (κ1) is 31.2. The van der Waals surface area contributed by atoms with Crippen molar-refractivity contribution in [1.29, 1.82) is 0 Å². The van der Waals surface area contributed by atoms with Crippen LogP contribution in [0.2, 0.25) is 0 Å². The zero-order chi connectivity index (χ0) is 27.4. The predicted molar refractivity (Wildman–Crippen MR) is 173 cm³/mol. The van der Waals surface area contributed by atoms with Crippen molar-refractivity contribution in [1.82, 2.24) is 0 Å². The Hall–Kier alpha value is -2.34. The van der Waals surface area contributed by atoms with Crippen LogP contribution in [-0.2, 0) is 19.3 Å². The molecule has 3 aromatic carbocycles. The molecule has 0 radical (unpaired) electrons. The Labute approximate surface area is 241 Å². The molecule has 39 heavy (non-hydrogen) atoms. The predicted octanol–water partition coefficient (Wildman–Crippen LogP) is 12.0. The first-order valence-electron chi connectivity index (χ1n) is 16.5. The van der Waals surface area contributed by atoms with E-state index < -0.39 is 0 Å². The first-order valence-corrected chi connectivity index (χ1v) is 16.5. The van der Waals surface area contributed by atoms with Gasteiger partial charge in [0.1, 0.15) is 0 Å². The third-order valence-corrected chi connectivity index (χ3v) is 8.51. The zero-order valence-electron chi connectivity index (χ0n) is 25.4.